The molecule has 0 atom stereocenters. The number of thiazole rings is 2. The smallest absolute Gasteiger partial charge is 0.244 e. The first-order valence-corrected chi connectivity index (χ1v) is 46.8. The first kappa shape index (κ1) is 95.8. The molecule has 4 amide bonds. The fourth-order valence-electron chi connectivity index (χ4n) is 16.5. The zero-order chi connectivity index (χ0) is 94.8. The SMILES string of the molecule is COCCCc1cc(-c2ccc(F)c(C)c2)nn1CC(=O)N1CCc2nc(C)sc2CC1.COCCCc1cc(-c2ccc(F)c(C)c2)nn1CC(=O)N1CCc2nc(N)sc2CC1.COc1cnc(C2=CCN(C(=O)Cn3nc(-c4ccc(F)c(C)c4)cc3-c3ccccc3)CC2)nc1.Cc1cnc(C2=CCN(C(=O)Cn3nc(-c4ccc(F)c(C)c4)cc3-c3ccccc3)CC2)nc1. The van der Waals surface area contributed by atoms with Gasteiger partial charge in [-0.3, -0.25) is 37.9 Å². The van der Waals surface area contributed by atoms with E-state index in [0.717, 1.165) is 151 Å². The Kier molecular flexibility index (Phi) is 31.8. The lowest BCUT2D eigenvalue weighted by molar-refractivity contribution is -0.132. The van der Waals surface area contributed by atoms with Crippen molar-refractivity contribution in [2.45, 2.75) is 132 Å². The molecule has 18 rings (SSSR count). The Bertz CT molecular complexity index is 6360. The first-order chi connectivity index (χ1) is 65.4. The Hall–Kier alpha value is -13.8. The number of halogens is 4. The molecule has 135 heavy (non-hydrogen) atoms. The van der Waals surface area contributed by atoms with Gasteiger partial charge in [-0.25, -0.2) is 47.5 Å². The number of nitrogen functional groups attached to an aromatic ring is 1. The van der Waals surface area contributed by atoms with E-state index < -0.39 is 0 Å². The summed E-state index contributed by atoms with van der Waals surface area (Å²) in [4.78, 5) is 89.2. The van der Waals surface area contributed by atoms with E-state index in [-0.39, 0.29) is 73.1 Å². The summed E-state index contributed by atoms with van der Waals surface area (Å²) in [5.41, 5.74) is 25.1. The van der Waals surface area contributed by atoms with Crippen molar-refractivity contribution in [3.63, 3.8) is 0 Å². The van der Waals surface area contributed by atoms with E-state index in [0.29, 0.717) is 135 Å². The molecule has 14 aromatic rings. The molecule has 26 nitrogen and oxygen atoms in total. The second kappa shape index (κ2) is 44.8. The van der Waals surface area contributed by atoms with Gasteiger partial charge in [-0.05, 0) is 227 Å². The number of aryl methyl sites for hydroxylation is 8. The molecule has 698 valence electrons. The molecule has 0 bridgehead atoms. The Balaban J connectivity index is 0.000000137. The van der Waals surface area contributed by atoms with E-state index in [4.69, 9.17) is 40.3 Å². The zero-order valence-electron chi connectivity index (χ0n) is 77.3. The monoisotopic (exact) mass is 1860 g/mol. The highest BCUT2D eigenvalue weighted by Gasteiger charge is 2.29. The van der Waals surface area contributed by atoms with E-state index in [1.54, 1.807) is 140 Å². The molecule has 2 N–H and O–H groups in total. The van der Waals surface area contributed by atoms with Gasteiger partial charge in [0, 0.05) is 161 Å². The quantitative estimate of drug-likeness (QED) is 0.0411. The highest BCUT2D eigenvalue weighted by molar-refractivity contribution is 7.15. The number of rotatable bonds is 25. The largest absolute Gasteiger partial charge is 0.494 e. The van der Waals surface area contributed by atoms with Crippen LogP contribution < -0.4 is 10.5 Å². The molecule has 4 aliphatic rings. The topological polar surface area (TPSA) is 284 Å². The van der Waals surface area contributed by atoms with Crippen molar-refractivity contribution in [3.05, 3.63) is 295 Å². The summed E-state index contributed by atoms with van der Waals surface area (Å²) in [5.74, 6) is 1.07. The standard InChI is InChI=1S/C28H26FN5O2.C28H26FN5O.C24H29FN4O2S.C23H28FN5O2S/c1-19-14-22(8-9-24(19)29)25-15-26(20-6-4-3-5-7-20)34(32-25)18-27(35)33-12-10-21(11-13-33)28-30-16-23(36-2)17-31-28;1-19-16-30-28(31-17-19)22-10-12-33(13-11-22)27(35)18-34-26(21-6-4-3-5-7-21)15-25(32-34)23-8-9-24(29)20(2)14-23;1-16-13-18(6-7-20(16)25)22-14-19(5-4-12-31-3)29(27-22)15-24(30)28-10-8-21-23(9-11-28)32-17(2)26-21;1-15-12-16(5-6-18(15)24)20-13-17(4-3-11-31-2)29(27-20)14-22(30)28-9-7-19-21(8-10-28)32-23(25)26-19/h3-10,14-17H,11-13,18H2,1-2H3;3-10,14-17H,11-13,18H2,1-2H3;6-7,13-14H,4-5,8-12,15H2,1-3H3;5-6,12-13H,3-4,7-11,14H2,1-2H3,(H2,25,26). The third-order valence-corrected chi connectivity index (χ3v) is 26.2. The van der Waals surface area contributed by atoms with Crippen molar-refractivity contribution >= 4 is 62.6 Å². The number of anilines is 1. The number of nitrogens with two attached hydrogens (primary N) is 1. The molecule has 0 fully saturated rings. The number of fused-ring (bicyclic) bond motifs is 2. The van der Waals surface area contributed by atoms with Gasteiger partial charge in [0.15, 0.2) is 22.5 Å². The number of amides is 4. The summed E-state index contributed by atoms with van der Waals surface area (Å²) >= 11 is 3.24. The van der Waals surface area contributed by atoms with E-state index in [9.17, 15) is 36.7 Å². The second-order valence-corrected chi connectivity index (χ2v) is 36.1. The molecule has 12 heterocycles. The lowest BCUT2D eigenvalue weighted by atomic mass is 10.1. The van der Waals surface area contributed by atoms with Crippen molar-refractivity contribution in [2.75, 3.05) is 92.6 Å². The lowest BCUT2D eigenvalue weighted by Crippen LogP contribution is -2.37. The molecular weight excluding hydrogens is 1760 g/mol. The third-order valence-electron chi connectivity index (χ3n) is 24.1. The average molecular weight is 1870 g/mol. The molecule has 0 unspecified atom stereocenters. The zero-order valence-corrected chi connectivity index (χ0v) is 78.9. The number of nitrogens with zero attached hydrogens (tertiary/aromatic N) is 18. The van der Waals surface area contributed by atoms with Gasteiger partial charge in [0.25, 0.3) is 0 Å². The number of methoxy groups -OCH3 is 3. The van der Waals surface area contributed by atoms with Crippen LogP contribution in [0.15, 0.2) is 195 Å². The Labute approximate surface area is 790 Å². The third kappa shape index (κ3) is 24.4. The summed E-state index contributed by atoms with van der Waals surface area (Å²) in [6.45, 7) is 17.6. The fourth-order valence-corrected chi connectivity index (χ4v) is 18.4. The first-order valence-electron chi connectivity index (χ1n) is 45.2. The molecule has 0 spiro atoms. The van der Waals surface area contributed by atoms with Gasteiger partial charge in [0.05, 0.1) is 70.1 Å². The number of carbonyl (C=O) groups is 4. The van der Waals surface area contributed by atoms with Crippen LogP contribution >= 0.6 is 22.7 Å². The maximum Gasteiger partial charge on any atom is 0.244 e. The van der Waals surface area contributed by atoms with Crippen molar-refractivity contribution in [2.24, 2.45) is 0 Å². The minimum Gasteiger partial charge on any atom is -0.494 e. The summed E-state index contributed by atoms with van der Waals surface area (Å²) in [5, 5.41) is 20.6. The lowest BCUT2D eigenvalue weighted by Gasteiger charge is -2.26. The van der Waals surface area contributed by atoms with E-state index in [1.807, 2.05) is 143 Å². The molecule has 4 aliphatic heterocycles. The average Bonchev–Trinajstić information content (AvgIpc) is 1.64. The van der Waals surface area contributed by atoms with Gasteiger partial charge in [-0.2, -0.15) is 20.4 Å². The van der Waals surface area contributed by atoms with E-state index >= 15 is 0 Å². The van der Waals surface area contributed by atoms with Gasteiger partial charge in [-0.1, -0.05) is 72.8 Å². The minimum atomic E-state index is -0.255. The van der Waals surface area contributed by atoms with Crippen LogP contribution in [0, 0.1) is 64.8 Å². The highest BCUT2D eigenvalue weighted by Crippen LogP contribution is 2.34. The molecular formula is C103H109F4N19O7S2. The van der Waals surface area contributed by atoms with Crippen LogP contribution in [0.5, 0.6) is 5.75 Å². The summed E-state index contributed by atoms with van der Waals surface area (Å²) < 4.78 is 77.6. The van der Waals surface area contributed by atoms with E-state index in [1.165, 1.54) is 45.4 Å². The van der Waals surface area contributed by atoms with Gasteiger partial charge in [0.2, 0.25) is 23.6 Å². The van der Waals surface area contributed by atoms with Crippen LogP contribution in [0.4, 0.5) is 22.7 Å². The van der Waals surface area contributed by atoms with Crippen LogP contribution in [-0.4, -0.2) is 199 Å². The summed E-state index contributed by atoms with van der Waals surface area (Å²) in [7, 11) is 4.94. The van der Waals surface area contributed by atoms with Crippen LogP contribution in [0.2, 0.25) is 0 Å². The number of aromatic nitrogens is 14. The van der Waals surface area contributed by atoms with Crippen LogP contribution in [-0.2, 0) is 93.4 Å². The molecule has 0 radical (unpaired) electrons. The molecule has 0 saturated heterocycles. The maximum absolute atomic E-state index is 13.8. The minimum absolute atomic E-state index is 0.00718. The van der Waals surface area contributed by atoms with Gasteiger partial charge in [0.1, 0.15) is 49.4 Å². The molecule has 32 heteroatoms. The van der Waals surface area contributed by atoms with Crippen molar-refractivity contribution in [1.29, 1.82) is 0 Å². The molecule has 6 aromatic carbocycles. The molecule has 0 aliphatic carbocycles. The van der Waals surface area contributed by atoms with Crippen molar-refractivity contribution in [1.82, 2.24) is 88.6 Å². The number of hydrogen-bond acceptors (Lipinski definition) is 20. The van der Waals surface area contributed by atoms with Gasteiger partial charge < -0.3 is 39.5 Å². The summed E-state index contributed by atoms with van der Waals surface area (Å²) in [6, 6.07) is 47.4. The number of hydrogen-bond donors (Lipinski definition) is 1. The van der Waals surface area contributed by atoms with Crippen LogP contribution in [0.1, 0.15) is 103 Å². The van der Waals surface area contributed by atoms with Crippen LogP contribution in [0.3, 0.4) is 0 Å². The van der Waals surface area contributed by atoms with E-state index in [2.05, 4.69) is 29.9 Å². The predicted octanol–water partition coefficient (Wildman–Crippen LogP) is 17.1. The van der Waals surface area contributed by atoms with Crippen LogP contribution in [0.25, 0.3) is 78.7 Å². The maximum atomic E-state index is 13.8. The molecule has 8 aromatic heterocycles. The second-order valence-electron chi connectivity index (χ2n) is 33.7. The number of benzene rings is 6. The molecule has 0 saturated carbocycles. The normalized spacial score (nSPS) is 13.6. The Morgan fingerprint density at radius 1 is 0.393 bits per heavy atom. The summed E-state index contributed by atoms with van der Waals surface area (Å²) in [6.07, 6.45) is 18.6. The number of ether oxygens (including phenoxy) is 3. The predicted molar refractivity (Wildman–Crippen MR) is 516 cm³/mol. The van der Waals surface area contributed by atoms with Gasteiger partial charge >= 0.3 is 0 Å². The van der Waals surface area contributed by atoms with Crippen molar-refractivity contribution in [3.8, 4) is 73.3 Å². The number of carbonyl (C=O) groups excluding carboxylic acids is 4. The fraction of sp³-hybridized carbons (Fsp3) is 0.320. The van der Waals surface area contributed by atoms with Gasteiger partial charge in [-0.15, -0.1) is 22.7 Å². The van der Waals surface area contributed by atoms with Crippen molar-refractivity contribution < 1.29 is 51.0 Å². The Morgan fingerprint density at radius 2 is 0.748 bits per heavy atom. The Morgan fingerprint density at radius 3 is 1.13 bits per heavy atom. The highest BCUT2D eigenvalue weighted by atomic mass is 32.1.